The Morgan fingerprint density at radius 3 is 2.48 bits per heavy atom. The van der Waals surface area contributed by atoms with Crippen molar-refractivity contribution < 1.29 is 4.79 Å². The molecule has 0 bridgehead atoms. The second kappa shape index (κ2) is 7.25. The number of carbonyl (C=O) groups excluding carboxylic acids is 1. The predicted octanol–water partition coefficient (Wildman–Crippen LogP) is 3.57. The Hall–Kier alpha value is -2.60. The highest BCUT2D eigenvalue weighted by atomic mass is 16.1. The Labute approximate surface area is 125 Å². The maximum Gasteiger partial charge on any atom is 0.242 e. The third-order valence-electron chi connectivity index (χ3n) is 3.41. The zero-order valence-electron chi connectivity index (χ0n) is 12.0. The quantitative estimate of drug-likeness (QED) is 0.909. The summed E-state index contributed by atoms with van der Waals surface area (Å²) in [5.74, 6) is -0.931. The van der Waals surface area contributed by atoms with E-state index in [4.69, 9.17) is 0 Å². The van der Waals surface area contributed by atoms with E-state index in [1.54, 1.807) is 0 Å². The fourth-order valence-electron chi connectivity index (χ4n) is 2.22. The molecule has 2 rings (SSSR count). The van der Waals surface area contributed by atoms with E-state index >= 15 is 0 Å². The fraction of sp³-hybridized carbons (Fsp3) is 0.222. The molecule has 0 aromatic heterocycles. The van der Waals surface area contributed by atoms with Crippen LogP contribution in [0.5, 0.6) is 0 Å². The second-order valence-electron chi connectivity index (χ2n) is 4.87. The molecule has 0 radical (unpaired) electrons. The lowest BCUT2D eigenvalue weighted by atomic mass is 9.99. The largest absolute Gasteiger partial charge is 0.325 e. The van der Waals surface area contributed by atoms with E-state index in [0.717, 1.165) is 23.2 Å². The maximum absolute atomic E-state index is 12.3. The van der Waals surface area contributed by atoms with Gasteiger partial charge < -0.3 is 5.32 Å². The van der Waals surface area contributed by atoms with Gasteiger partial charge in [-0.3, -0.25) is 4.79 Å². The molecule has 1 unspecified atom stereocenters. The van der Waals surface area contributed by atoms with Gasteiger partial charge in [-0.25, -0.2) is 0 Å². The Morgan fingerprint density at radius 2 is 1.81 bits per heavy atom. The smallest absolute Gasteiger partial charge is 0.242 e. The molecule has 0 saturated carbocycles. The number of nitrogens with zero attached hydrogens (tertiary/aromatic N) is 1. The minimum absolute atomic E-state index is 0.248. The molecule has 0 aliphatic carbocycles. The first kappa shape index (κ1) is 14.8. The van der Waals surface area contributed by atoms with Gasteiger partial charge >= 0.3 is 0 Å². The van der Waals surface area contributed by atoms with Crippen LogP contribution in [0.1, 0.15) is 18.1 Å². The second-order valence-corrected chi connectivity index (χ2v) is 4.87. The lowest BCUT2D eigenvalue weighted by Gasteiger charge is -2.13. The lowest BCUT2D eigenvalue weighted by Crippen LogP contribution is -2.24. The zero-order chi connectivity index (χ0) is 15.1. The molecular weight excluding hydrogens is 260 g/mol. The summed E-state index contributed by atoms with van der Waals surface area (Å²) < 4.78 is 0. The van der Waals surface area contributed by atoms with E-state index in [9.17, 15) is 10.1 Å². The van der Waals surface area contributed by atoms with Crippen LogP contribution in [-0.4, -0.2) is 5.91 Å². The number of para-hydroxylation sites is 1. The van der Waals surface area contributed by atoms with Gasteiger partial charge in [-0.05, 0) is 30.0 Å². The van der Waals surface area contributed by atoms with Crippen LogP contribution in [-0.2, 0) is 17.6 Å². The van der Waals surface area contributed by atoms with E-state index in [1.165, 1.54) is 0 Å². The number of hydrogen-bond acceptors (Lipinski definition) is 2. The number of hydrogen-bond donors (Lipinski definition) is 1. The highest BCUT2D eigenvalue weighted by Gasteiger charge is 2.19. The standard InChI is InChI=1S/C18H18N2O/c1-2-15-10-6-7-11-17(15)20-18(21)16(13-19)12-14-8-4-3-5-9-14/h3-11,16H,2,12H2,1H3,(H,20,21). The van der Waals surface area contributed by atoms with Crippen molar-refractivity contribution in [2.24, 2.45) is 5.92 Å². The third kappa shape index (κ3) is 3.93. The normalized spacial score (nSPS) is 11.4. The molecule has 2 aromatic rings. The highest BCUT2D eigenvalue weighted by molar-refractivity contribution is 5.95. The fourth-order valence-corrected chi connectivity index (χ4v) is 2.22. The Balaban J connectivity index is 2.09. The van der Waals surface area contributed by atoms with Gasteiger partial charge in [0.25, 0.3) is 0 Å². The molecule has 106 valence electrons. The van der Waals surface area contributed by atoms with E-state index in [2.05, 4.69) is 11.4 Å². The SMILES string of the molecule is CCc1ccccc1NC(=O)C(C#N)Cc1ccccc1. The molecule has 1 N–H and O–H groups in total. The van der Waals surface area contributed by atoms with Crippen LogP contribution >= 0.6 is 0 Å². The molecule has 3 heteroatoms. The van der Waals surface area contributed by atoms with Crippen molar-refractivity contribution in [1.82, 2.24) is 0 Å². The average molecular weight is 278 g/mol. The summed E-state index contributed by atoms with van der Waals surface area (Å²) in [6.07, 6.45) is 1.27. The van der Waals surface area contributed by atoms with Gasteiger partial charge in [-0.2, -0.15) is 5.26 Å². The van der Waals surface area contributed by atoms with Gasteiger partial charge in [0, 0.05) is 5.69 Å². The maximum atomic E-state index is 12.3. The molecule has 0 heterocycles. The van der Waals surface area contributed by atoms with Crippen LogP contribution in [0.2, 0.25) is 0 Å². The first-order chi connectivity index (χ1) is 10.2. The van der Waals surface area contributed by atoms with Crippen molar-refractivity contribution in [3.8, 4) is 6.07 Å². The van der Waals surface area contributed by atoms with Crippen molar-refractivity contribution in [2.45, 2.75) is 19.8 Å². The van der Waals surface area contributed by atoms with E-state index in [-0.39, 0.29) is 5.91 Å². The van der Waals surface area contributed by atoms with Crippen molar-refractivity contribution in [3.05, 3.63) is 65.7 Å². The van der Waals surface area contributed by atoms with Gasteiger partial charge in [0.05, 0.1) is 6.07 Å². The summed E-state index contributed by atoms with van der Waals surface area (Å²) in [6.45, 7) is 2.04. The molecule has 0 aliphatic heterocycles. The van der Waals surface area contributed by atoms with Crippen LogP contribution < -0.4 is 5.32 Å². The van der Waals surface area contributed by atoms with Gasteiger partial charge in [0.15, 0.2) is 0 Å². The molecule has 0 spiro atoms. The molecule has 2 aromatic carbocycles. The Morgan fingerprint density at radius 1 is 1.14 bits per heavy atom. The Bertz CT molecular complexity index is 644. The van der Waals surface area contributed by atoms with Gasteiger partial charge in [0.2, 0.25) is 5.91 Å². The van der Waals surface area contributed by atoms with Crippen LogP contribution in [0, 0.1) is 17.2 Å². The monoisotopic (exact) mass is 278 g/mol. The summed E-state index contributed by atoms with van der Waals surface area (Å²) in [6, 6.07) is 19.4. The number of benzene rings is 2. The van der Waals surface area contributed by atoms with E-state index in [0.29, 0.717) is 6.42 Å². The summed E-state index contributed by atoms with van der Waals surface area (Å²) >= 11 is 0. The van der Waals surface area contributed by atoms with Gasteiger partial charge in [-0.15, -0.1) is 0 Å². The average Bonchev–Trinajstić information content (AvgIpc) is 2.54. The summed E-state index contributed by atoms with van der Waals surface area (Å²) in [5.41, 5.74) is 2.85. The van der Waals surface area contributed by atoms with Gasteiger partial charge in [0.1, 0.15) is 5.92 Å². The van der Waals surface area contributed by atoms with Crippen LogP contribution in [0.4, 0.5) is 5.69 Å². The van der Waals surface area contributed by atoms with Crippen LogP contribution in [0.3, 0.4) is 0 Å². The molecular formula is C18H18N2O. The van der Waals surface area contributed by atoms with Gasteiger partial charge in [-0.1, -0.05) is 55.5 Å². The predicted molar refractivity (Wildman–Crippen MR) is 83.7 cm³/mol. The van der Waals surface area contributed by atoms with Crippen molar-refractivity contribution in [2.75, 3.05) is 5.32 Å². The number of anilines is 1. The number of rotatable bonds is 5. The van der Waals surface area contributed by atoms with Crippen LogP contribution in [0.15, 0.2) is 54.6 Å². The first-order valence-electron chi connectivity index (χ1n) is 7.07. The van der Waals surface area contributed by atoms with Crippen molar-refractivity contribution in [1.29, 1.82) is 5.26 Å². The van der Waals surface area contributed by atoms with Crippen LogP contribution in [0.25, 0.3) is 0 Å². The summed E-state index contributed by atoms with van der Waals surface area (Å²) in [7, 11) is 0. The minimum Gasteiger partial charge on any atom is -0.325 e. The number of carbonyl (C=O) groups is 1. The molecule has 0 aliphatic rings. The molecule has 21 heavy (non-hydrogen) atoms. The molecule has 0 saturated heterocycles. The number of aryl methyl sites for hydroxylation is 1. The molecule has 1 atom stereocenters. The van der Waals surface area contributed by atoms with Crippen molar-refractivity contribution >= 4 is 11.6 Å². The molecule has 3 nitrogen and oxygen atoms in total. The number of nitrogens with one attached hydrogen (secondary N) is 1. The summed E-state index contributed by atoms with van der Waals surface area (Å²) in [5, 5.41) is 12.1. The molecule has 0 fully saturated rings. The van der Waals surface area contributed by atoms with Crippen molar-refractivity contribution in [3.63, 3.8) is 0 Å². The highest BCUT2D eigenvalue weighted by Crippen LogP contribution is 2.17. The van der Waals surface area contributed by atoms with E-state index < -0.39 is 5.92 Å². The number of amides is 1. The number of nitriles is 1. The topological polar surface area (TPSA) is 52.9 Å². The Kier molecular flexibility index (Phi) is 5.11. The molecule has 1 amide bonds. The zero-order valence-corrected chi connectivity index (χ0v) is 12.0. The first-order valence-corrected chi connectivity index (χ1v) is 7.07. The van der Waals surface area contributed by atoms with E-state index in [1.807, 2.05) is 61.5 Å². The third-order valence-corrected chi connectivity index (χ3v) is 3.41. The summed E-state index contributed by atoms with van der Waals surface area (Å²) in [4.78, 5) is 12.3. The lowest BCUT2D eigenvalue weighted by molar-refractivity contribution is -0.118. The minimum atomic E-state index is -0.683.